The molecule has 3 N–H and O–H groups in total. The number of rotatable bonds is 5. The van der Waals surface area contributed by atoms with Gasteiger partial charge < -0.3 is 11.1 Å². The van der Waals surface area contributed by atoms with E-state index in [9.17, 15) is 14.0 Å². The first-order chi connectivity index (χ1) is 10.5. The number of anilines is 1. The van der Waals surface area contributed by atoms with Crippen molar-refractivity contribution in [1.29, 1.82) is 0 Å². The molecule has 2 rings (SSSR count). The molecule has 0 aliphatic carbocycles. The minimum absolute atomic E-state index is 0.0372. The Kier molecular flexibility index (Phi) is 5.41. The highest BCUT2D eigenvalue weighted by Gasteiger charge is 2.10. The highest BCUT2D eigenvalue weighted by Crippen LogP contribution is 2.23. The summed E-state index contributed by atoms with van der Waals surface area (Å²) in [6, 6.07) is 10.6. The SMILES string of the molecule is NC(=O)c1cc(NC(=O)CSc2ccccc2F)ccc1Cl. The standard InChI is InChI=1S/C15H12ClFN2O2S/c16-11-6-5-9(7-10(11)15(18)21)19-14(20)8-22-13-4-2-1-3-12(13)17/h1-7H,8H2,(H2,18,21)(H,19,20). The number of carbonyl (C=O) groups is 2. The molecule has 0 bridgehead atoms. The van der Waals surface area contributed by atoms with E-state index in [1.165, 1.54) is 18.2 Å². The fourth-order valence-electron chi connectivity index (χ4n) is 1.69. The van der Waals surface area contributed by atoms with Crippen LogP contribution in [-0.2, 0) is 4.79 Å². The van der Waals surface area contributed by atoms with E-state index < -0.39 is 5.91 Å². The number of nitrogens with two attached hydrogens (primary N) is 1. The van der Waals surface area contributed by atoms with Gasteiger partial charge in [0.25, 0.3) is 0 Å². The second-order valence-corrected chi connectivity index (χ2v) is 5.75. The molecule has 114 valence electrons. The molecule has 4 nitrogen and oxygen atoms in total. The van der Waals surface area contributed by atoms with E-state index in [1.54, 1.807) is 24.3 Å². The van der Waals surface area contributed by atoms with Crippen LogP contribution >= 0.6 is 23.4 Å². The zero-order valence-electron chi connectivity index (χ0n) is 11.3. The van der Waals surface area contributed by atoms with Crippen LogP contribution in [0.25, 0.3) is 0 Å². The first kappa shape index (κ1) is 16.3. The largest absolute Gasteiger partial charge is 0.366 e. The Morgan fingerprint density at radius 2 is 1.95 bits per heavy atom. The first-order valence-electron chi connectivity index (χ1n) is 6.24. The van der Waals surface area contributed by atoms with Crippen LogP contribution in [0, 0.1) is 5.82 Å². The lowest BCUT2D eigenvalue weighted by Crippen LogP contribution is -2.16. The van der Waals surface area contributed by atoms with Gasteiger partial charge in [-0.05, 0) is 30.3 Å². The van der Waals surface area contributed by atoms with Gasteiger partial charge in [0.1, 0.15) is 5.82 Å². The molecule has 0 heterocycles. The highest BCUT2D eigenvalue weighted by atomic mass is 35.5. The quantitative estimate of drug-likeness (QED) is 0.821. The molecule has 0 saturated heterocycles. The van der Waals surface area contributed by atoms with Crippen molar-refractivity contribution in [2.45, 2.75) is 4.90 Å². The Labute approximate surface area is 135 Å². The van der Waals surface area contributed by atoms with Crippen LogP contribution in [-0.4, -0.2) is 17.6 Å². The molecule has 0 aliphatic heterocycles. The Balaban J connectivity index is 1.99. The molecule has 2 aromatic rings. The van der Waals surface area contributed by atoms with Gasteiger partial charge in [0.05, 0.1) is 16.3 Å². The van der Waals surface area contributed by atoms with Crippen LogP contribution in [0.3, 0.4) is 0 Å². The summed E-state index contributed by atoms with van der Waals surface area (Å²) in [6.07, 6.45) is 0. The Bertz CT molecular complexity index is 724. The van der Waals surface area contributed by atoms with Gasteiger partial charge in [-0.15, -0.1) is 11.8 Å². The lowest BCUT2D eigenvalue weighted by atomic mass is 10.2. The third-order valence-electron chi connectivity index (χ3n) is 2.71. The molecular formula is C15H12ClFN2O2S. The van der Waals surface area contributed by atoms with E-state index in [0.29, 0.717) is 10.6 Å². The van der Waals surface area contributed by atoms with Crippen molar-refractivity contribution in [1.82, 2.24) is 0 Å². The number of carbonyl (C=O) groups excluding carboxylic acids is 2. The molecule has 0 unspecified atom stereocenters. The number of thioether (sulfide) groups is 1. The number of nitrogens with one attached hydrogen (secondary N) is 1. The third kappa shape index (κ3) is 4.22. The molecule has 0 atom stereocenters. The van der Waals surface area contributed by atoms with Gasteiger partial charge in [-0.25, -0.2) is 4.39 Å². The first-order valence-corrected chi connectivity index (χ1v) is 7.60. The minimum Gasteiger partial charge on any atom is -0.366 e. The van der Waals surface area contributed by atoms with E-state index in [0.717, 1.165) is 11.8 Å². The van der Waals surface area contributed by atoms with Crippen LogP contribution < -0.4 is 11.1 Å². The number of amides is 2. The van der Waals surface area contributed by atoms with Crippen molar-refractivity contribution >= 4 is 40.9 Å². The summed E-state index contributed by atoms with van der Waals surface area (Å²) < 4.78 is 13.4. The Hall–Kier alpha value is -2.05. The van der Waals surface area contributed by atoms with Crippen molar-refractivity contribution in [3.8, 4) is 0 Å². The summed E-state index contributed by atoms with van der Waals surface area (Å²) in [6.45, 7) is 0. The van der Waals surface area contributed by atoms with Gasteiger partial charge in [-0.3, -0.25) is 9.59 Å². The molecule has 0 aliphatic rings. The molecule has 2 amide bonds. The molecule has 0 saturated carbocycles. The monoisotopic (exact) mass is 338 g/mol. The second-order valence-electron chi connectivity index (χ2n) is 4.33. The maximum Gasteiger partial charge on any atom is 0.250 e. The predicted octanol–water partition coefficient (Wildman–Crippen LogP) is 3.31. The molecular weight excluding hydrogens is 327 g/mol. The number of hydrogen-bond donors (Lipinski definition) is 2. The van der Waals surface area contributed by atoms with Crippen LogP contribution in [0.1, 0.15) is 10.4 Å². The Morgan fingerprint density at radius 3 is 2.64 bits per heavy atom. The average Bonchev–Trinajstić information content (AvgIpc) is 2.48. The van der Waals surface area contributed by atoms with E-state index >= 15 is 0 Å². The van der Waals surface area contributed by atoms with Crippen molar-refractivity contribution in [3.05, 3.63) is 58.9 Å². The molecule has 22 heavy (non-hydrogen) atoms. The van der Waals surface area contributed by atoms with E-state index in [1.807, 2.05) is 0 Å². The lowest BCUT2D eigenvalue weighted by Gasteiger charge is -2.08. The average molecular weight is 339 g/mol. The van der Waals surface area contributed by atoms with E-state index in [2.05, 4.69) is 5.32 Å². The van der Waals surface area contributed by atoms with E-state index in [-0.39, 0.29) is 28.1 Å². The highest BCUT2D eigenvalue weighted by molar-refractivity contribution is 8.00. The summed E-state index contributed by atoms with van der Waals surface area (Å²) in [7, 11) is 0. The van der Waals surface area contributed by atoms with Gasteiger partial charge in [0, 0.05) is 10.6 Å². The van der Waals surface area contributed by atoms with Crippen molar-refractivity contribution < 1.29 is 14.0 Å². The van der Waals surface area contributed by atoms with Crippen LogP contribution in [0.15, 0.2) is 47.4 Å². The molecule has 0 radical (unpaired) electrons. The normalized spacial score (nSPS) is 10.3. The van der Waals surface area contributed by atoms with Gasteiger partial charge in [0.2, 0.25) is 11.8 Å². The summed E-state index contributed by atoms with van der Waals surface area (Å²) in [4.78, 5) is 23.4. The van der Waals surface area contributed by atoms with Crippen LogP contribution in [0.4, 0.5) is 10.1 Å². The summed E-state index contributed by atoms with van der Waals surface area (Å²) in [5, 5.41) is 2.82. The summed E-state index contributed by atoms with van der Waals surface area (Å²) in [5.41, 5.74) is 5.71. The zero-order chi connectivity index (χ0) is 16.1. The van der Waals surface area contributed by atoms with Crippen LogP contribution in [0.5, 0.6) is 0 Å². The van der Waals surface area contributed by atoms with Gasteiger partial charge in [-0.2, -0.15) is 0 Å². The number of hydrogen-bond acceptors (Lipinski definition) is 3. The summed E-state index contributed by atoms with van der Waals surface area (Å²) >= 11 is 6.91. The topological polar surface area (TPSA) is 72.2 Å². The van der Waals surface area contributed by atoms with Gasteiger partial charge in [0.15, 0.2) is 0 Å². The van der Waals surface area contributed by atoms with Crippen molar-refractivity contribution in [3.63, 3.8) is 0 Å². The molecule has 0 aromatic heterocycles. The van der Waals surface area contributed by atoms with Crippen LogP contribution in [0.2, 0.25) is 5.02 Å². The fourth-order valence-corrected chi connectivity index (χ4v) is 2.64. The molecule has 0 fully saturated rings. The van der Waals surface area contributed by atoms with Crippen molar-refractivity contribution in [2.75, 3.05) is 11.1 Å². The van der Waals surface area contributed by atoms with Gasteiger partial charge >= 0.3 is 0 Å². The molecule has 7 heteroatoms. The van der Waals surface area contributed by atoms with Gasteiger partial charge in [-0.1, -0.05) is 23.7 Å². The fraction of sp³-hybridized carbons (Fsp3) is 0.0667. The smallest absolute Gasteiger partial charge is 0.250 e. The number of benzene rings is 2. The third-order valence-corrected chi connectivity index (χ3v) is 4.09. The number of halogens is 2. The predicted molar refractivity (Wildman–Crippen MR) is 85.7 cm³/mol. The summed E-state index contributed by atoms with van der Waals surface area (Å²) in [5.74, 6) is -1.34. The molecule has 0 spiro atoms. The van der Waals surface area contributed by atoms with E-state index in [4.69, 9.17) is 17.3 Å². The second kappa shape index (κ2) is 7.29. The molecule has 2 aromatic carbocycles. The maximum absolute atomic E-state index is 13.4. The van der Waals surface area contributed by atoms with Crippen molar-refractivity contribution in [2.24, 2.45) is 5.73 Å². The lowest BCUT2D eigenvalue weighted by molar-refractivity contribution is -0.113. The minimum atomic E-state index is -0.679. The Morgan fingerprint density at radius 1 is 1.23 bits per heavy atom. The number of primary amides is 1. The zero-order valence-corrected chi connectivity index (χ0v) is 12.9. The maximum atomic E-state index is 13.4.